The molecule has 12 heavy (non-hydrogen) atoms. The van der Waals surface area contributed by atoms with Gasteiger partial charge in [0.25, 0.3) is 0 Å². The number of hydrogen-bond acceptors (Lipinski definition) is 1. The van der Waals surface area contributed by atoms with E-state index < -0.39 is 5.97 Å². The quantitative estimate of drug-likeness (QED) is 0.542. The first-order valence-electron chi connectivity index (χ1n) is 3.54. The van der Waals surface area contributed by atoms with E-state index in [4.69, 9.17) is 16.7 Å². The minimum atomic E-state index is -1.06. The Hall–Kier alpha value is -1.02. The highest BCUT2D eigenvalue weighted by Gasteiger charge is 2.06. The number of allylic oxidation sites excluding steroid dienone is 3. The Balaban J connectivity index is 4.51. The molecule has 0 saturated heterocycles. The summed E-state index contributed by atoms with van der Waals surface area (Å²) < 4.78 is 0. The molecule has 0 rings (SSSR count). The summed E-state index contributed by atoms with van der Waals surface area (Å²) in [6.07, 6.45) is 5.78. The highest BCUT2D eigenvalue weighted by atomic mass is 35.5. The second kappa shape index (κ2) is 5.61. The summed E-state index contributed by atoms with van der Waals surface area (Å²) in [6, 6.07) is 0. The normalized spacial score (nSPS) is 12.0. The average molecular weight is 187 g/mol. The van der Waals surface area contributed by atoms with Crippen molar-refractivity contribution in [2.45, 2.75) is 13.3 Å². The van der Waals surface area contributed by atoms with Crippen molar-refractivity contribution in [1.29, 1.82) is 0 Å². The summed E-state index contributed by atoms with van der Waals surface area (Å²) in [4.78, 5) is 10.5. The Morgan fingerprint density at radius 2 is 2.25 bits per heavy atom. The fraction of sp³-hybridized carbons (Fsp3) is 0.222. The van der Waals surface area contributed by atoms with Crippen LogP contribution in [0.2, 0.25) is 0 Å². The molecule has 0 aromatic carbocycles. The summed E-state index contributed by atoms with van der Waals surface area (Å²) in [5.41, 5.74) is 0.0290. The van der Waals surface area contributed by atoms with Crippen molar-refractivity contribution >= 4 is 17.6 Å². The Morgan fingerprint density at radius 1 is 1.67 bits per heavy atom. The third-order valence-corrected chi connectivity index (χ3v) is 1.36. The topological polar surface area (TPSA) is 37.3 Å². The minimum Gasteiger partial charge on any atom is -0.478 e. The van der Waals surface area contributed by atoms with Gasteiger partial charge in [0.15, 0.2) is 0 Å². The largest absolute Gasteiger partial charge is 0.478 e. The average Bonchev–Trinajstić information content (AvgIpc) is 1.96. The number of carboxylic acids is 1. The van der Waals surface area contributed by atoms with Crippen molar-refractivity contribution in [2.75, 3.05) is 0 Å². The summed E-state index contributed by atoms with van der Waals surface area (Å²) in [5.74, 6) is -1.06. The summed E-state index contributed by atoms with van der Waals surface area (Å²) in [5, 5.41) is 8.64. The molecule has 2 nitrogen and oxygen atoms in total. The van der Waals surface area contributed by atoms with E-state index in [1.807, 2.05) is 13.0 Å². The summed E-state index contributed by atoms with van der Waals surface area (Å²) in [6.45, 7) is 5.30. The molecular weight excluding hydrogens is 176 g/mol. The van der Waals surface area contributed by atoms with Crippen molar-refractivity contribution in [1.82, 2.24) is 0 Å². The number of hydrogen-bond donors (Lipinski definition) is 1. The van der Waals surface area contributed by atoms with Crippen LogP contribution in [0.1, 0.15) is 13.3 Å². The Morgan fingerprint density at radius 3 is 2.58 bits per heavy atom. The molecule has 0 heterocycles. The van der Waals surface area contributed by atoms with E-state index in [1.165, 1.54) is 6.08 Å². The van der Waals surface area contributed by atoms with Gasteiger partial charge < -0.3 is 5.11 Å². The fourth-order valence-corrected chi connectivity index (χ4v) is 0.722. The molecule has 0 aliphatic rings. The highest BCUT2D eigenvalue weighted by Crippen LogP contribution is 2.12. The number of carboxylic acid groups (broad SMARTS) is 1. The van der Waals surface area contributed by atoms with E-state index in [0.29, 0.717) is 0 Å². The molecule has 0 spiro atoms. The van der Waals surface area contributed by atoms with Gasteiger partial charge in [-0.3, -0.25) is 0 Å². The van der Waals surface area contributed by atoms with Crippen LogP contribution >= 0.6 is 11.6 Å². The zero-order chi connectivity index (χ0) is 9.56. The van der Waals surface area contributed by atoms with Gasteiger partial charge in [-0.25, -0.2) is 4.79 Å². The van der Waals surface area contributed by atoms with Gasteiger partial charge in [0.2, 0.25) is 0 Å². The van der Waals surface area contributed by atoms with Crippen molar-refractivity contribution < 1.29 is 9.90 Å². The predicted octanol–water partition coefficient (Wildman–Crippen LogP) is 2.72. The number of aliphatic carboxylic acids is 1. The molecule has 0 saturated carbocycles. The van der Waals surface area contributed by atoms with Crippen LogP contribution < -0.4 is 0 Å². The lowest BCUT2D eigenvalue weighted by Crippen LogP contribution is -1.99. The molecule has 0 bridgehead atoms. The molecule has 3 heteroatoms. The van der Waals surface area contributed by atoms with E-state index in [0.717, 1.165) is 6.42 Å². The van der Waals surface area contributed by atoms with Gasteiger partial charge in [-0.15, -0.1) is 0 Å². The number of halogens is 1. The van der Waals surface area contributed by atoms with Gasteiger partial charge in [0.05, 0.1) is 5.57 Å². The smallest absolute Gasteiger partial charge is 0.337 e. The van der Waals surface area contributed by atoms with Crippen molar-refractivity contribution in [2.24, 2.45) is 0 Å². The molecule has 0 aliphatic carbocycles. The minimum absolute atomic E-state index is 0.0290. The first kappa shape index (κ1) is 11.0. The molecule has 1 N–H and O–H groups in total. The summed E-state index contributed by atoms with van der Waals surface area (Å²) >= 11 is 5.44. The fourth-order valence-electron chi connectivity index (χ4n) is 0.578. The first-order valence-corrected chi connectivity index (χ1v) is 3.92. The van der Waals surface area contributed by atoms with Crippen LogP contribution in [0.15, 0.2) is 35.4 Å². The summed E-state index contributed by atoms with van der Waals surface area (Å²) in [7, 11) is 0. The molecule has 0 aromatic rings. The van der Waals surface area contributed by atoms with Crippen molar-refractivity contribution in [3.05, 3.63) is 35.4 Å². The molecule has 0 fully saturated rings. The van der Waals surface area contributed by atoms with E-state index in [9.17, 15) is 4.79 Å². The van der Waals surface area contributed by atoms with Crippen molar-refractivity contribution in [3.8, 4) is 0 Å². The maximum Gasteiger partial charge on any atom is 0.337 e. The maximum atomic E-state index is 10.5. The lowest BCUT2D eigenvalue weighted by atomic mass is 10.2. The standard InChI is InChI=1S/C9H11ClO2/c1-3-4-5-6-8(7(2)10)9(11)12/h4-6H,2-3H2,1H3,(H,11,12)/b5-4-,8-6+. The zero-order valence-electron chi connectivity index (χ0n) is 6.88. The Labute approximate surface area is 76.8 Å². The van der Waals surface area contributed by atoms with E-state index in [1.54, 1.807) is 6.08 Å². The van der Waals surface area contributed by atoms with Gasteiger partial charge >= 0.3 is 5.97 Å². The van der Waals surface area contributed by atoms with Gasteiger partial charge in [0, 0.05) is 5.03 Å². The van der Waals surface area contributed by atoms with Crippen LogP contribution in [0.4, 0.5) is 0 Å². The van der Waals surface area contributed by atoms with Crippen LogP contribution in [0.5, 0.6) is 0 Å². The SMILES string of the molecule is C=C(Cl)/C(=C\C=C/CC)C(=O)O. The van der Waals surface area contributed by atoms with E-state index in [2.05, 4.69) is 6.58 Å². The monoisotopic (exact) mass is 186 g/mol. The van der Waals surface area contributed by atoms with E-state index in [-0.39, 0.29) is 10.6 Å². The Bertz CT molecular complexity index is 223. The van der Waals surface area contributed by atoms with Gasteiger partial charge in [-0.2, -0.15) is 0 Å². The third-order valence-electron chi connectivity index (χ3n) is 1.16. The molecular formula is C9H11ClO2. The number of rotatable bonds is 4. The zero-order valence-corrected chi connectivity index (χ0v) is 7.64. The van der Waals surface area contributed by atoms with Crippen LogP contribution in [-0.2, 0) is 4.79 Å². The Kier molecular flexibility index (Phi) is 5.13. The molecule has 66 valence electrons. The van der Waals surface area contributed by atoms with Crippen LogP contribution in [0.3, 0.4) is 0 Å². The second-order valence-corrected chi connectivity index (χ2v) is 2.58. The molecule has 0 radical (unpaired) electrons. The molecule has 0 aliphatic heterocycles. The number of carbonyl (C=O) groups is 1. The van der Waals surface area contributed by atoms with E-state index >= 15 is 0 Å². The predicted molar refractivity (Wildman–Crippen MR) is 50.1 cm³/mol. The van der Waals surface area contributed by atoms with Crippen LogP contribution in [0, 0.1) is 0 Å². The van der Waals surface area contributed by atoms with Gasteiger partial charge in [-0.1, -0.05) is 37.3 Å². The molecule has 0 atom stereocenters. The lowest BCUT2D eigenvalue weighted by molar-refractivity contribution is -0.132. The third kappa shape index (κ3) is 3.98. The van der Waals surface area contributed by atoms with Crippen LogP contribution in [0.25, 0.3) is 0 Å². The first-order chi connectivity index (χ1) is 5.59. The molecule has 0 unspecified atom stereocenters. The van der Waals surface area contributed by atoms with Crippen LogP contribution in [-0.4, -0.2) is 11.1 Å². The highest BCUT2D eigenvalue weighted by molar-refractivity contribution is 6.34. The second-order valence-electron chi connectivity index (χ2n) is 2.13. The van der Waals surface area contributed by atoms with Gasteiger partial charge in [0.1, 0.15) is 0 Å². The van der Waals surface area contributed by atoms with Gasteiger partial charge in [-0.05, 0) is 12.5 Å². The maximum absolute atomic E-state index is 10.5. The molecule has 0 aromatic heterocycles. The lowest BCUT2D eigenvalue weighted by Gasteiger charge is -1.94. The molecule has 0 amide bonds. The van der Waals surface area contributed by atoms with Crippen molar-refractivity contribution in [3.63, 3.8) is 0 Å².